The molecule has 96 valence electrons. The number of hydrogen-bond donors (Lipinski definition) is 2. The molecule has 3 N–H and O–H groups in total. The van der Waals surface area contributed by atoms with Crippen molar-refractivity contribution in [2.45, 2.75) is 39.2 Å². The van der Waals surface area contributed by atoms with Gasteiger partial charge in [0.1, 0.15) is 5.82 Å². The third-order valence-electron chi connectivity index (χ3n) is 3.27. The zero-order valence-electron chi connectivity index (χ0n) is 11.3. The van der Waals surface area contributed by atoms with Gasteiger partial charge in [-0.3, -0.25) is 0 Å². The minimum atomic E-state index is -0.00585. The lowest BCUT2D eigenvalue weighted by Crippen LogP contribution is -2.10. The van der Waals surface area contributed by atoms with E-state index in [-0.39, 0.29) is 6.04 Å². The summed E-state index contributed by atoms with van der Waals surface area (Å²) in [6, 6.07) is 8.59. The van der Waals surface area contributed by atoms with Gasteiger partial charge in [-0.05, 0) is 23.5 Å². The first kappa shape index (κ1) is 12.8. The number of nitrogens with one attached hydrogen (secondary N) is 1. The van der Waals surface area contributed by atoms with E-state index in [1.807, 2.05) is 6.20 Å². The van der Waals surface area contributed by atoms with Gasteiger partial charge in [0, 0.05) is 0 Å². The molecule has 1 unspecified atom stereocenters. The summed E-state index contributed by atoms with van der Waals surface area (Å²) < 4.78 is 0. The topological polar surface area (TPSA) is 54.7 Å². The average molecular weight is 243 g/mol. The van der Waals surface area contributed by atoms with Gasteiger partial charge in [-0.15, -0.1) is 0 Å². The number of nitrogens with two attached hydrogens (primary N) is 1. The zero-order chi connectivity index (χ0) is 13.1. The number of hydrogen-bond acceptors (Lipinski definition) is 2. The number of rotatable bonds is 4. The summed E-state index contributed by atoms with van der Waals surface area (Å²) in [7, 11) is 0. The highest BCUT2D eigenvalue weighted by atomic mass is 15.0. The van der Waals surface area contributed by atoms with Gasteiger partial charge < -0.3 is 10.7 Å². The van der Waals surface area contributed by atoms with Crippen molar-refractivity contribution in [3.8, 4) is 11.3 Å². The molecule has 0 spiro atoms. The SMILES string of the molecule is CCC(N)c1ncc(-c2ccc(C(C)C)cc2)[nH]1. The van der Waals surface area contributed by atoms with Crippen LogP contribution >= 0.6 is 0 Å². The van der Waals surface area contributed by atoms with Crippen LogP contribution < -0.4 is 5.73 Å². The standard InChI is InChI=1S/C15H21N3/c1-4-13(16)15-17-9-14(18-15)12-7-5-11(6-8-12)10(2)3/h5-10,13H,4,16H2,1-3H3,(H,17,18). The molecule has 0 bridgehead atoms. The van der Waals surface area contributed by atoms with Crippen molar-refractivity contribution >= 4 is 0 Å². The van der Waals surface area contributed by atoms with Crippen molar-refractivity contribution in [3.63, 3.8) is 0 Å². The fourth-order valence-corrected chi connectivity index (χ4v) is 1.91. The molecule has 0 aliphatic carbocycles. The Morgan fingerprint density at radius 3 is 2.44 bits per heavy atom. The number of aromatic nitrogens is 2. The van der Waals surface area contributed by atoms with E-state index in [1.165, 1.54) is 5.56 Å². The third-order valence-corrected chi connectivity index (χ3v) is 3.27. The maximum Gasteiger partial charge on any atom is 0.123 e. The summed E-state index contributed by atoms with van der Waals surface area (Å²) >= 11 is 0. The van der Waals surface area contributed by atoms with Crippen molar-refractivity contribution in [2.24, 2.45) is 5.73 Å². The number of H-pyrrole nitrogens is 1. The van der Waals surface area contributed by atoms with Crippen molar-refractivity contribution in [2.75, 3.05) is 0 Å². The number of benzene rings is 1. The Morgan fingerprint density at radius 2 is 1.89 bits per heavy atom. The van der Waals surface area contributed by atoms with Crippen molar-refractivity contribution in [1.29, 1.82) is 0 Å². The Bertz CT molecular complexity index is 497. The van der Waals surface area contributed by atoms with Crippen LogP contribution in [0, 0.1) is 0 Å². The molecule has 1 aromatic heterocycles. The maximum atomic E-state index is 5.96. The molecule has 2 aromatic rings. The summed E-state index contributed by atoms with van der Waals surface area (Å²) in [5.74, 6) is 1.42. The number of nitrogens with zero attached hydrogens (tertiary/aromatic N) is 1. The first-order chi connectivity index (χ1) is 8.61. The van der Waals surface area contributed by atoms with Crippen molar-refractivity contribution in [3.05, 3.63) is 41.9 Å². The van der Waals surface area contributed by atoms with Gasteiger partial charge in [-0.1, -0.05) is 45.0 Å². The van der Waals surface area contributed by atoms with Gasteiger partial charge >= 0.3 is 0 Å². The fourth-order valence-electron chi connectivity index (χ4n) is 1.91. The first-order valence-electron chi connectivity index (χ1n) is 6.52. The molecule has 0 aliphatic heterocycles. The summed E-state index contributed by atoms with van der Waals surface area (Å²) in [6.07, 6.45) is 2.74. The van der Waals surface area contributed by atoms with E-state index in [0.29, 0.717) is 5.92 Å². The molecular formula is C15H21N3. The number of imidazole rings is 1. The summed E-state index contributed by atoms with van der Waals surface area (Å²) in [5, 5.41) is 0. The van der Waals surface area contributed by atoms with Crippen molar-refractivity contribution < 1.29 is 0 Å². The second-order valence-electron chi connectivity index (χ2n) is 4.97. The van der Waals surface area contributed by atoms with Crippen LogP contribution in [0.1, 0.15) is 50.5 Å². The Morgan fingerprint density at radius 1 is 1.22 bits per heavy atom. The van der Waals surface area contributed by atoms with E-state index in [4.69, 9.17) is 5.73 Å². The van der Waals surface area contributed by atoms with Crippen LogP contribution in [0.4, 0.5) is 0 Å². The van der Waals surface area contributed by atoms with E-state index in [1.54, 1.807) is 0 Å². The molecule has 0 radical (unpaired) electrons. The Labute approximate surface area is 108 Å². The quantitative estimate of drug-likeness (QED) is 0.861. The van der Waals surface area contributed by atoms with Crippen LogP contribution in [0.15, 0.2) is 30.5 Å². The second kappa shape index (κ2) is 5.36. The molecule has 1 aromatic carbocycles. The second-order valence-corrected chi connectivity index (χ2v) is 4.97. The molecule has 18 heavy (non-hydrogen) atoms. The highest BCUT2D eigenvalue weighted by molar-refractivity contribution is 5.59. The molecule has 0 fully saturated rings. The van der Waals surface area contributed by atoms with Gasteiger partial charge in [0.25, 0.3) is 0 Å². The van der Waals surface area contributed by atoms with Crippen LogP contribution in [-0.2, 0) is 0 Å². The van der Waals surface area contributed by atoms with E-state index in [2.05, 4.69) is 55.0 Å². The summed E-state index contributed by atoms with van der Waals surface area (Å²) in [5.41, 5.74) is 9.49. The van der Waals surface area contributed by atoms with Crippen LogP contribution in [0.2, 0.25) is 0 Å². The van der Waals surface area contributed by atoms with Crippen LogP contribution in [0.5, 0.6) is 0 Å². The number of aromatic amines is 1. The lowest BCUT2D eigenvalue weighted by atomic mass is 10.0. The van der Waals surface area contributed by atoms with Gasteiger partial charge in [-0.25, -0.2) is 4.98 Å². The van der Waals surface area contributed by atoms with Gasteiger partial charge in [-0.2, -0.15) is 0 Å². The summed E-state index contributed by atoms with van der Waals surface area (Å²) in [4.78, 5) is 7.63. The lowest BCUT2D eigenvalue weighted by Gasteiger charge is -2.06. The van der Waals surface area contributed by atoms with Crippen LogP contribution in [-0.4, -0.2) is 9.97 Å². The molecule has 1 atom stereocenters. The summed E-state index contributed by atoms with van der Waals surface area (Å²) in [6.45, 7) is 6.46. The van der Waals surface area contributed by atoms with E-state index in [0.717, 1.165) is 23.5 Å². The lowest BCUT2D eigenvalue weighted by molar-refractivity contribution is 0.658. The minimum absolute atomic E-state index is 0.00585. The fraction of sp³-hybridized carbons (Fsp3) is 0.400. The Hall–Kier alpha value is -1.61. The maximum absolute atomic E-state index is 5.96. The molecule has 3 heteroatoms. The van der Waals surface area contributed by atoms with Gasteiger partial charge in [0.15, 0.2) is 0 Å². The van der Waals surface area contributed by atoms with E-state index >= 15 is 0 Å². The van der Waals surface area contributed by atoms with Crippen molar-refractivity contribution in [1.82, 2.24) is 9.97 Å². The highest BCUT2D eigenvalue weighted by Crippen LogP contribution is 2.22. The molecule has 0 saturated heterocycles. The molecule has 0 aliphatic rings. The Balaban J connectivity index is 2.23. The van der Waals surface area contributed by atoms with Crippen LogP contribution in [0.3, 0.4) is 0 Å². The normalized spacial score (nSPS) is 12.9. The van der Waals surface area contributed by atoms with E-state index < -0.39 is 0 Å². The largest absolute Gasteiger partial charge is 0.341 e. The third kappa shape index (κ3) is 2.62. The smallest absolute Gasteiger partial charge is 0.123 e. The highest BCUT2D eigenvalue weighted by Gasteiger charge is 2.09. The van der Waals surface area contributed by atoms with E-state index in [9.17, 15) is 0 Å². The zero-order valence-corrected chi connectivity index (χ0v) is 11.3. The molecular weight excluding hydrogens is 222 g/mol. The predicted molar refractivity (Wildman–Crippen MR) is 75.3 cm³/mol. The molecule has 3 nitrogen and oxygen atoms in total. The molecule has 2 rings (SSSR count). The minimum Gasteiger partial charge on any atom is -0.341 e. The van der Waals surface area contributed by atoms with Gasteiger partial charge in [0.05, 0.1) is 17.9 Å². The average Bonchev–Trinajstić information content (AvgIpc) is 2.87. The predicted octanol–water partition coefficient (Wildman–Crippen LogP) is 3.61. The van der Waals surface area contributed by atoms with Gasteiger partial charge in [0.2, 0.25) is 0 Å². The molecule has 0 saturated carbocycles. The Kier molecular flexibility index (Phi) is 3.82. The molecule has 1 heterocycles. The first-order valence-corrected chi connectivity index (χ1v) is 6.52. The molecule has 0 amide bonds. The monoisotopic (exact) mass is 243 g/mol. The van der Waals surface area contributed by atoms with Crippen LogP contribution in [0.25, 0.3) is 11.3 Å².